The third-order valence-corrected chi connectivity index (χ3v) is 6.10. The fourth-order valence-electron chi connectivity index (χ4n) is 2.76. The number of fused-ring (bicyclic) bond motifs is 2. The fourth-order valence-corrected chi connectivity index (χ4v) is 4.96. The highest BCUT2D eigenvalue weighted by Gasteiger charge is 2.40. The highest BCUT2D eigenvalue weighted by molar-refractivity contribution is 9.10. The second-order valence-corrected chi connectivity index (χ2v) is 7.90. The lowest BCUT2D eigenvalue weighted by Crippen LogP contribution is -2.45. The monoisotopic (exact) mass is 361 g/mol. The first kappa shape index (κ1) is 14.3. The Morgan fingerprint density at radius 3 is 2.55 bits per heavy atom. The summed E-state index contributed by atoms with van der Waals surface area (Å²) in [4.78, 5) is 0.204. The van der Waals surface area contributed by atoms with Crippen LogP contribution in [0.15, 0.2) is 27.6 Å². The molecule has 2 saturated heterocycles. The van der Waals surface area contributed by atoms with Crippen molar-refractivity contribution in [1.29, 1.82) is 0 Å². The Hall–Kier alpha value is -0.630. The van der Waals surface area contributed by atoms with Crippen molar-refractivity contribution in [2.45, 2.75) is 29.9 Å². The Kier molecular flexibility index (Phi) is 3.79. The summed E-state index contributed by atoms with van der Waals surface area (Å²) in [6.07, 6.45) is 1.93. The molecule has 2 aliphatic heterocycles. The molecule has 2 atom stereocenters. The molecule has 0 spiro atoms. The lowest BCUT2D eigenvalue weighted by atomic mass is 10.2. The van der Waals surface area contributed by atoms with E-state index in [-0.39, 0.29) is 17.1 Å². The molecule has 7 heteroatoms. The number of morpholine rings is 1. The third kappa shape index (κ3) is 2.47. The highest BCUT2D eigenvalue weighted by atomic mass is 79.9. The summed E-state index contributed by atoms with van der Waals surface area (Å²) >= 11 is 3.31. The van der Waals surface area contributed by atoms with Crippen LogP contribution in [-0.2, 0) is 14.8 Å². The number of hydrogen-bond donors (Lipinski definition) is 0. The van der Waals surface area contributed by atoms with E-state index in [0.29, 0.717) is 23.3 Å². The predicted molar refractivity (Wildman–Crippen MR) is 77.3 cm³/mol. The van der Waals surface area contributed by atoms with Gasteiger partial charge in [0, 0.05) is 17.6 Å². The number of rotatable bonds is 3. The van der Waals surface area contributed by atoms with E-state index in [9.17, 15) is 8.42 Å². The summed E-state index contributed by atoms with van der Waals surface area (Å²) in [6, 6.07) is 5.01. The van der Waals surface area contributed by atoms with Crippen molar-refractivity contribution in [2.75, 3.05) is 20.2 Å². The number of halogens is 1. The summed E-state index contributed by atoms with van der Waals surface area (Å²) in [7, 11) is -2.08. The average Bonchev–Trinajstić information content (AvgIpc) is 2.77. The molecule has 2 heterocycles. The van der Waals surface area contributed by atoms with E-state index < -0.39 is 10.0 Å². The van der Waals surface area contributed by atoms with Crippen LogP contribution in [0.3, 0.4) is 0 Å². The van der Waals surface area contributed by atoms with Crippen molar-refractivity contribution in [3.05, 3.63) is 22.7 Å². The van der Waals surface area contributed by atoms with Gasteiger partial charge in [0.25, 0.3) is 0 Å². The highest BCUT2D eigenvalue weighted by Crippen LogP contribution is 2.34. The minimum absolute atomic E-state index is 0.0293. The van der Waals surface area contributed by atoms with E-state index in [2.05, 4.69) is 15.9 Å². The van der Waals surface area contributed by atoms with E-state index in [0.717, 1.165) is 12.8 Å². The molecule has 0 aromatic heterocycles. The van der Waals surface area contributed by atoms with Crippen LogP contribution in [0, 0.1) is 0 Å². The van der Waals surface area contributed by atoms with Crippen LogP contribution in [0.5, 0.6) is 5.75 Å². The smallest absolute Gasteiger partial charge is 0.246 e. The van der Waals surface area contributed by atoms with Crippen LogP contribution in [-0.4, -0.2) is 45.1 Å². The zero-order valence-corrected chi connectivity index (χ0v) is 13.5. The molecule has 20 heavy (non-hydrogen) atoms. The molecule has 1 aromatic carbocycles. The van der Waals surface area contributed by atoms with Gasteiger partial charge in [0.1, 0.15) is 10.6 Å². The molecule has 3 rings (SSSR count). The maximum atomic E-state index is 12.8. The zero-order chi connectivity index (χ0) is 14.3. The van der Waals surface area contributed by atoms with E-state index >= 15 is 0 Å². The number of benzene rings is 1. The lowest BCUT2D eigenvalue weighted by molar-refractivity contribution is -0.0115. The van der Waals surface area contributed by atoms with E-state index in [1.165, 1.54) is 11.4 Å². The number of methoxy groups -OCH3 is 1. The number of nitrogens with zero attached hydrogens (tertiary/aromatic N) is 1. The van der Waals surface area contributed by atoms with Gasteiger partial charge in [-0.2, -0.15) is 4.31 Å². The quantitative estimate of drug-likeness (QED) is 0.826. The van der Waals surface area contributed by atoms with Gasteiger partial charge in [0.2, 0.25) is 10.0 Å². The molecule has 2 aliphatic rings. The summed E-state index contributed by atoms with van der Waals surface area (Å²) in [5.41, 5.74) is 0. The predicted octanol–water partition coefficient (Wildman–Crippen LogP) is 2.01. The van der Waals surface area contributed by atoms with Gasteiger partial charge in [-0.25, -0.2) is 8.42 Å². The Labute approximate surface area is 127 Å². The zero-order valence-electron chi connectivity index (χ0n) is 11.1. The van der Waals surface area contributed by atoms with Crippen molar-refractivity contribution >= 4 is 26.0 Å². The van der Waals surface area contributed by atoms with E-state index in [1.807, 2.05) is 0 Å². The Balaban J connectivity index is 1.97. The Morgan fingerprint density at radius 1 is 1.30 bits per heavy atom. The molecule has 2 unspecified atom stereocenters. The van der Waals surface area contributed by atoms with E-state index in [4.69, 9.17) is 9.47 Å². The van der Waals surface area contributed by atoms with Crippen molar-refractivity contribution in [3.8, 4) is 5.75 Å². The third-order valence-electron chi connectivity index (χ3n) is 3.75. The minimum Gasteiger partial charge on any atom is -0.495 e. The number of ether oxygens (including phenoxy) is 2. The lowest BCUT2D eigenvalue weighted by Gasteiger charge is -2.31. The first-order valence-electron chi connectivity index (χ1n) is 6.50. The minimum atomic E-state index is -3.55. The van der Waals surface area contributed by atoms with Gasteiger partial charge in [-0.05, 0) is 31.0 Å². The second kappa shape index (κ2) is 5.29. The molecule has 0 radical (unpaired) electrons. The summed E-state index contributed by atoms with van der Waals surface area (Å²) in [5, 5.41) is 0. The topological polar surface area (TPSA) is 55.8 Å². The van der Waals surface area contributed by atoms with Crippen LogP contribution >= 0.6 is 15.9 Å². The largest absolute Gasteiger partial charge is 0.495 e. The molecular weight excluding hydrogens is 346 g/mol. The SMILES string of the molecule is COc1ccc(Br)cc1S(=O)(=O)N1CC2CCC(C1)O2. The molecule has 0 N–H and O–H groups in total. The first-order chi connectivity index (χ1) is 9.50. The van der Waals surface area contributed by atoms with Crippen molar-refractivity contribution in [3.63, 3.8) is 0 Å². The van der Waals surface area contributed by atoms with Gasteiger partial charge in [-0.1, -0.05) is 15.9 Å². The maximum absolute atomic E-state index is 12.8. The molecule has 0 saturated carbocycles. The molecular formula is C13H16BrNO4S. The normalized spacial score (nSPS) is 26.7. The van der Waals surface area contributed by atoms with Crippen LogP contribution in [0.25, 0.3) is 0 Å². The fraction of sp³-hybridized carbons (Fsp3) is 0.538. The van der Waals surface area contributed by atoms with Gasteiger partial charge >= 0.3 is 0 Å². The molecule has 110 valence electrons. The van der Waals surface area contributed by atoms with Crippen LogP contribution < -0.4 is 4.74 Å². The van der Waals surface area contributed by atoms with Crippen LogP contribution in [0.4, 0.5) is 0 Å². The maximum Gasteiger partial charge on any atom is 0.246 e. The van der Waals surface area contributed by atoms with Gasteiger partial charge in [-0.3, -0.25) is 0 Å². The molecule has 2 fully saturated rings. The first-order valence-corrected chi connectivity index (χ1v) is 8.73. The molecule has 1 aromatic rings. The van der Waals surface area contributed by atoms with Crippen molar-refractivity contribution < 1.29 is 17.9 Å². The number of hydrogen-bond acceptors (Lipinski definition) is 4. The summed E-state index contributed by atoms with van der Waals surface area (Å²) in [6.45, 7) is 0.850. The molecule has 5 nitrogen and oxygen atoms in total. The van der Waals surface area contributed by atoms with Crippen molar-refractivity contribution in [1.82, 2.24) is 4.31 Å². The molecule has 0 amide bonds. The number of sulfonamides is 1. The second-order valence-electron chi connectivity index (χ2n) is 5.07. The average molecular weight is 362 g/mol. The van der Waals surface area contributed by atoms with E-state index in [1.54, 1.807) is 18.2 Å². The van der Waals surface area contributed by atoms with Gasteiger partial charge in [-0.15, -0.1) is 0 Å². The Morgan fingerprint density at radius 2 is 1.95 bits per heavy atom. The van der Waals surface area contributed by atoms with Crippen molar-refractivity contribution in [2.24, 2.45) is 0 Å². The summed E-state index contributed by atoms with van der Waals surface area (Å²) < 4.78 is 38.7. The molecule has 2 bridgehead atoms. The Bertz CT molecular complexity index is 607. The van der Waals surface area contributed by atoms with Gasteiger partial charge < -0.3 is 9.47 Å². The van der Waals surface area contributed by atoms with Gasteiger partial charge in [0.05, 0.1) is 19.3 Å². The van der Waals surface area contributed by atoms with Gasteiger partial charge in [0.15, 0.2) is 0 Å². The van der Waals surface area contributed by atoms with Crippen LogP contribution in [0.1, 0.15) is 12.8 Å². The van der Waals surface area contributed by atoms with Crippen LogP contribution in [0.2, 0.25) is 0 Å². The standard InChI is InChI=1S/C13H16BrNO4S/c1-18-12-5-2-9(14)6-13(12)20(16,17)15-7-10-3-4-11(8-15)19-10/h2,5-6,10-11H,3-4,7-8H2,1H3. The summed E-state index contributed by atoms with van der Waals surface area (Å²) in [5.74, 6) is 0.368. The molecule has 0 aliphatic carbocycles.